The first kappa shape index (κ1) is 16.0. The third-order valence-electron chi connectivity index (χ3n) is 3.17. The number of halogens is 1. The maximum Gasteiger partial charge on any atom is 0.262 e. The number of ether oxygens (including phenoxy) is 1. The van der Waals surface area contributed by atoms with Crippen LogP contribution in [0.2, 0.25) is 5.02 Å². The monoisotopic (exact) mass is 317 g/mol. The zero-order valence-corrected chi connectivity index (χ0v) is 13.1. The van der Waals surface area contributed by atoms with E-state index in [1.807, 2.05) is 6.92 Å². The van der Waals surface area contributed by atoms with Gasteiger partial charge in [-0.1, -0.05) is 17.7 Å². The fraction of sp³-hybridized carbons (Fsp3) is 0.176. The molecule has 2 aromatic carbocycles. The normalized spacial score (nSPS) is 10.1. The van der Waals surface area contributed by atoms with Crippen molar-refractivity contribution in [1.29, 1.82) is 0 Å². The van der Waals surface area contributed by atoms with Crippen molar-refractivity contribution in [2.75, 3.05) is 11.9 Å². The number of Topliss-reactive ketones (excluding diaryl/α,β-unsaturated/α-hetero) is 1. The highest BCUT2D eigenvalue weighted by Crippen LogP contribution is 2.22. The molecule has 2 rings (SSSR count). The Balaban J connectivity index is 1.92. The summed E-state index contributed by atoms with van der Waals surface area (Å²) in [5.74, 6) is 0.240. The molecule has 0 heterocycles. The number of nitrogens with one attached hydrogen (secondary N) is 1. The van der Waals surface area contributed by atoms with Crippen LogP contribution in [0.1, 0.15) is 22.8 Å². The molecule has 0 saturated carbocycles. The molecule has 0 aliphatic rings. The third-order valence-corrected chi connectivity index (χ3v) is 3.58. The summed E-state index contributed by atoms with van der Waals surface area (Å²) >= 11 is 6.00. The molecule has 0 spiro atoms. The van der Waals surface area contributed by atoms with E-state index >= 15 is 0 Å². The number of hydrogen-bond acceptors (Lipinski definition) is 3. The van der Waals surface area contributed by atoms with E-state index in [-0.39, 0.29) is 18.3 Å². The van der Waals surface area contributed by atoms with Crippen molar-refractivity contribution in [2.45, 2.75) is 13.8 Å². The topological polar surface area (TPSA) is 55.4 Å². The van der Waals surface area contributed by atoms with E-state index in [4.69, 9.17) is 16.3 Å². The predicted molar refractivity (Wildman–Crippen MR) is 86.8 cm³/mol. The molecular weight excluding hydrogens is 302 g/mol. The van der Waals surface area contributed by atoms with Crippen molar-refractivity contribution >= 4 is 29.0 Å². The van der Waals surface area contributed by atoms with Gasteiger partial charge >= 0.3 is 0 Å². The van der Waals surface area contributed by atoms with Crippen LogP contribution in [0.4, 0.5) is 5.69 Å². The molecule has 0 aliphatic heterocycles. The second kappa shape index (κ2) is 7.09. The van der Waals surface area contributed by atoms with Gasteiger partial charge in [-0.05, 0) is 55.8 Å². The molecule has 1 N–H and O–H groups in total. The van der Waals surface area contributed by atoms with Crippen LogP contribution < -0.4 is 10.1 Å². The number of rotatable bonds is 5. The van der Waals surface area contributed by atoms with E-state index in [2.05, 4.69) is 5.32 Å². The van der Waals surface area contributed by atoms with Crippen LogP contribution in [-0.2, 0) is 4.79 Å². The molecule has 22 heavy (non-hydrogen) atoms. The molecule has 0 atom stereocenters. The first-order valence-corrected chi connectivity index (χ1v) is 7.14. The van der Waals surface area contributed by atoms with E-state index < -0.39 is 0 Å². The molecule has 0 bridgehead atoms. The predicted octanol–water partition coefficient (Wildman–Crippen LogP) is 3.87. The van der Waals surface area contributed by atoms with E-state index in [1.165, 1.54) is 6.92 Å². The number of hydrogen-bond donors (Lipinski definition) is 1. The fourth-order valence-electron chi connectivity index (χ4n) is 1.86. The van der Waals surface area contributed by atoms with Gasteiger partial charge in [0.15, 0.2) is 12.4 Å². The second-order valence-corrected chi connectivity index (χ2v) is 5.24. The van der Waals surface area contributed by atoms with Gasteiger partial charge in [0.1, 0.15) is 5.75 Å². The number of anilines is 1. The summed E-state index contributed by atoms with van der Waals surface area (Å²) in [5.41, 5.74) is 2.07. The molecule has 0 radical (unpaired) electrons. The lowest BCUT2D eigenvalue weighted by Gasteiger charge is -2.10. The number of ketones is 1. The van der Waals surface area contributed by atoms with Gasteiger partial charge in [-0.25, -0.2) is 0 Å². The Hall–Kier alpha value is -2.33. The van der Waals surface area contributed by atoms with Crippen LogP contribution >= 0.6 is 11.6 Å². The molecule has 0 aliphatic carbocycles. The Bertz CT molecular complexity index is 696. The Kier molecular flexibility index (Phi) is 5.17. The minimum Gasteiger partial charge on any atom is -0.484 e. The average molecular weight is 318 g/mol. The van der Waals surface area contributed by atoms with E-state index in [9.17, 15) is 9.59 Å². The summed E-state index contributed by atoms with van der Waals surface area (Å²) in [6, 6.07) is 12.0. The lowest BCUT2D eigenvalue weighted by Crippen LogP contribution is -2.20. The van der Waals surface area contributed by atoms with Crippen LogP contribution in [0, 0.1) is 6.92 Å². The Labute approximate surface area is 134 Å². The summed E-state index contributed by atoms with van der Waals surface area (Å²) in [5, 5.41) is 3.34. The molecule has 0 fully saturated rings. The Morgan fingerprint density at radius 1 is 1.14 bits per heavy atom. The standard InChI is InChI=1S/C17H16ClNO3/c1-11-15(18)4-3-5-16(11)19-17(21)10-22-14-8-6-13(7-9-14)12(2)20/h3-9H,10H2,1-2H3,(H,19,21). The van der Waals surface area contributed by atoms with Gasteiger partial charge in [-0.2, -0.15) is 0 Å². The van der Waals surface area contributed by atoms with E-state index in [1.54, 1.807) is 42.5 Å². The summed E-state index contributed by atoms with van der Waals surface area (Å²) < 4.78 is 5.39. The highest BCUT2D eigenvalue weighted by atomic mass is 35.5. The van der Waals surface area contributed by atoms with E-state index in [0.717, 1.165) is 5.56 Å². The molecular formula is C17H16ClNO3. The number of amides is 1. The quantitative estimate of drug-likeness (QED) is 0.852. The lowest BCUT2D eigenvalue weighted by molar-refractivity contribution is -0.118. The van der Waals surface area contributed by atoms with Crippen molar-refractivity contribution in [3.63, 3.8) is 0 Å². The van der Waals surface area contributed by atoms with Gasteiger partial charge in [0, 0.05) is 16.3 Å². The summed E-state index contributed by atoms with van der Waals surface area (Å²) in [6.45, 7) is 3.21. The van der Waals surface area contributed by atoms with Crippen molar-refractivity contribution in [3.05, 3.63) is 58.6 Å². The van der Waals surface area contributed by atoms with Crippen molar-refractivity contribution in [2.24, 2.45) is 0 Å². The SMILES string of the molecule is CC(=O)c1ccc(OCC(=O)Nc2cccc(Cl)c2C)cc1. The van der Waals surface area contributed by atoms with Gasteiger partial charge in [-0.3, -0.25) is 9.59 Å². The number of carbonyl (C=O) groups is 2. The van der Waals surface area contributed by atoms with Gasteiger partial charge in [-0.15, -0.1) is 0 Å². The average Bonchev–Trinajstić information content (AvgIpc) is 2.50. The minimum absolute atomic E-state index is 0.0132. The first-order chi connectivity index (χ1) is 10.5. The van der Waals surface area contributed by atoms with E-state index in [0.29, 0.717) is 22.0 Å². The van der Waals surface area contributed by atoms with Gasteiger partial charge in [0.2, 0.25) is 0 Å². The summed E-state index contributed by atoms with van der Waals surface area (Å²) in [4.78, 5) is 23.1. The summed E-state index contributed by atoms with van der Waals surface area (Å²) in [6.07, 6.45) is 0. The molecule has 0 aromatic heterocycles. The Morgan fingerprint density at radius 2 is 1.82 bits per heavy atom. The Morgan fingerprint density at radius 3 is 2.45 bits per heavy atom. The van der Waals surface area contributed by atoms with Crippen molar-refractivity contribution in [1.82, 2.24) is 0 Å². The number of benzene rings is 2. The largest absolute Gasteiger partial charge is 0.484 e. The second-order valence-electron chi connectivity index (χ2n) is 4.83. The van der Waals surface area contributed by atoms with Crippen LogP contribution in [0.5, 0.6) is 5.75 Å². The zero-order chi connectivity index (χ0) is 16.1. The lowest BCUT2D eigenvalue weighted by atomic mass is 10.1. The molecule has 0 saturated heterocycles. The molecule has 2 aromatic rings. The highest BCUT2D eigenvalue weighted by Gasteiger charge is 2.08. The molecule has 114 valence electrons. The molecule has 5 heteroatoms. The maximum atomic E-state index is 11.9. The third kappa shape index (κ3) is 4.09. The summed E-state index contributed by atoms with van der Waals surface area (Å²) in [7, 11) is 0. The van der Waals surface area contributed by atoms with Crippen LogP contribution in [0.25, 0.3) is 0 Å². The fourth-order valence-corrected chi connectivity index (χ4v) is 2.04. The first-order valence-electron chi connectivity index (χ1n) is 6.76. The van der Waals surface area contributed by atoms with Gasteiger partial charge in [0.05, 0.1) is 0 Å². The van der Waals surface area contributed by atoms with Crippen LogP contribution in [0.15, 0.2) is 42.5 Å². The van der Waals surface area contributed by atoms with Crippen molar-refractivity contribution < 1.29 is 14.3 Å². The minimum atomic E-state index is -0.277. The smallest absolute Gasteiger partial charge is 0.262 e. The van der Waals surface area contributed by atoms with Crippen LogP contribution in [-0.4, -0.2) is 18.3 Å². The van der Waals surface area contributed by atoms with Crippen molar-refractivity contribution in [3.8, 4) is 5.75 Å². The zero-order valence-electron chi connectivity index (χ0n) is 12.4. The number of carbonyl (C=O) groups excluding carboxylic acids is 2. The van der Waals surface area contributed by atoms with Gasteiger partial charge < -0.3 is 10.1 Å². The van der Waals surface area contributed by atoms with Gasteiger partial charge in [0.25, 0.3) is 5.91 Å². The molecule has 4 nitrogen and oxygen atoms in total. The molecule has 1 amide bonds. The maximum absolute atomic E-state index is 11.9. The highest BCUT2D eigenvalue weighted by molar-refractivity contribution is 6.31. The molecule has 0 unspecified atom stereocenters. The van der Waals surface area contributed by atoms with Crippen LogP contribution in [0.3, 0.4) is 0 Å².